The van der Waals surface area contributed by atoms with Gasteiger partial charge in [-0.25, -0.2) is 0 Å². The smallest absolute Gasteiger partial charge is 0.259 e. The van der Waals surface area contributed by atoms with Crippen molar-refractivity contribution in [2.75, 3.05) is 18.5 Å². The van der Waals surface area contributed by atoms with Gasteiger partial charge in [0.2, 0.25) is 0 Å². The normalized spacial score (nSPS) is 14.6. The van der Waals surface area contributed by atoms with Crippen LogP contribution in [0.15, 0.2) is 24.3 Å². The molecule has 4 heteroatoms. The molecule has 2 aliphatic rings. The van der Waals surface area contributed by atoms with Crippen LogP contribution in [0.5, 0.6) is 11.5 Å². The highest BCUT2D eigenvalue weighted by Crippen LogP contribution is 2.41. The van der Waals surface area contributed by atoms with E-state index in [1.807, 2.05) is 25.1 Å². The second kappa shape index (κ2) is 5.86. The number of carbonyl (C=O) groups excluding carboxylic acids is 1. The SMILES string of the molecule is CCc1cccc(C)c1NC(=O)c1c2c(cc3c1OCC3)OCC2. The van der Waals surface area contributed by atoms with Crippen molar-refractivity contribution in [2.24, 2.45) is 0 Å². The first-order chi connectivity index (χ1) is 11.7. The summed E-state index contributed by atoms with van der Waals surface area (Å²) < 4.78 is 11.5. The van der Waals surface area contributed by atoms with E-state index in [2.05, 4.69) is 18.3 Å². The number of anilines is 1. The molecule has 0 spiro atoms. The molecule has 0 unspecified atom stereocenters. The number of fused-ring (bicyclic) bond motifs is 2. The van der Waals surface area contributed by atoms with E-state index in [1.54, 1.807) is 0 Å². The zero-order chi connectivity index (χ0) is 16.7. The van der Waals surface area contributed by atoms with Crippen molar-refractivity contribution in [3.8, 4) is 11.5 Å². The third-order valence-electron chi connectivity index (χ3n) is 4.86. The van der Waals surface area contributed by atoms with E-state index in [0.717, 1.165) is 58.7 Å². The van der Waals surface area contributed by atoms with Crippen LogP contribution < -0.4 is 14.8 Å². The van der Waals surface area contributed by atoms with Crippen LogP contribution in [0.1, 0.15) is 39.5 Å². The Morgan fingerprint density at radius 1 is 1.21 bits per heavy atom. The van der Waals surface area contributed by atoms with Crippen molar-refractivity contribution < 1.29 is 14.3 Å². The molecule has 0 saturated carbocycles. The van der Waals surface area contributed by atoms with Gasteiger partial charge in [-0.1, -0.05) is 25.1 Å². The maximum absolute atomic E-state index is 13.1. The minimum atomic E-state index is -0.0977. The van der Waals surface area contributed by atoms with E-state index >= 15 is 0 Å². The van der Waals surface area contributed by atoms with E-state index < -0.39 is 0 Å². The molecule has 2 aromatic rings. The van der Waals surface area contributed by atoms with Crippen LogP contribution in [-0.4, -0.2) is 19.1 Å². The van der Waals surface area contributed by atoms with Crippen LogP contribution in [0.25, 0.3) is 0 Å². The summed E-state index contributed by atoms with van der Waals surface area (Å²) in [4.78, 5) is 13.1. The molecule has 0 radical (unpaired) electrons. The molecule has 0 saturated heterocycles. The fourth-order valence-corrected chi connectivity index (χ4v) is 3.60. The molecule has 4 nitrogen and oxygen atoms in total. The molecule has 2 aromatic carbocycles. The number of aryl methyl sites for hydroxylation is 2. The zero-order valence-corrected chi connectivity index (χ0v) is 14.1. The molecule has 0 bridgehead atoms. The maximum atomic E-state index is 13.1. The molecule has 24 heavy (non-hydrogen) atoms. The molecule has 1 amide bonds. The second-order valence-electron chi connectivity index (χ2n) is 6.33. The highest BCUT2D eigenvalue weighted by atomic mass is 16.5. The predicted octanol–water partition coefficient (Wildman–Crippen LogP) is 3.68. The molecular formula is C20H21NO3. The van der Waals surface area contributed by atoms with Gasteiger partial charge in [-0.05, 0) is 30.5 Å². The Labute approximate surface area is 141 Å². The molecular weight excluding hydrogens is 302 g/mol. The average Bonchev–Trinajstić information content (AvgIpc) is 3.22. The van der Waals surface area contributed by atoms with Crippen molar-refractivity contribution in [1.29, 1.82) is 0 Å². The van der Waals surface area contributed by atoms with Crippen LogP contribution in [0.4, 0.5) is 5.69 Å². The van der Waals surface area contributed by atoms with E-state index in [1.165, 1.54) is 0 Å². The van der Waals surface area contributed by atoms with E-state index in [4.69, 9.17) is 9.47 Å². The molecule has 124 valence electrons. The molecule has 0 fully saturated rings. The summed E-state index contributed by atoms with van der Waals surface area (Å²) in [6.07, 6.45) is 2.46. The van der Waals surface area contributed by atoms with Gasteiger partial charge >= 0.3 is 0 Å². The minimum Gasteiger partial charge on any atom is -0.493 e. The number of hydrogen-bond donors (Lipinski definition) is 1. The summed E-state index contributed by atoms with van der Waals surface area (Å²) in [5.41, 5.74) is 5.82. The Morgan fingerprint density at radius 2 is 2.04 bits per heavy atom. The summed E-state index contributed by atoms with van der Waals surface area (Å²) in [7, 11) is 0. The van der Waals surface area contributed by atoms with Crippen LogP contribution >= 0.6 is 0 Å². The lowest BCUT2D eigenvalue weighted by Crippen LogP contribution is -2.17. The van der Waals surface area contributed by atoms with Crippen LogP contribution in [0, 0.1) is 6.92 Å². The first-order valence-electron chi connectivity index (χ1n) is 8.53. The number of rotatable bonds is 3. The highest BCUT2D eigenvalue weighted by molar-refractivity contribution is 6.09. The number of ether oxygens (including phenoxy) is 2. The zero-order valence-electron chi connectivity index (χ0n) is 14.1. The Hall–Kier alpha value is -2.49. The third-order valence-corrected chi connectivity index (χ3v) is 4.86. The number of carbonyl (C=O) groups is 1. The molecule has 2 aliphatic heterocycles. The van der Waals surface area contributed by atoms with E-state index in [0.29, 0.717) is 18.8 Å². The Balaban J connectivity index is 1.77. The predicted molar refractivity (Wildman–Crippen MR) is 93.4 cm³/mol. The molecule has 1 N–H and O–H groups in total. The fraction of sp³-hybridized carbons (Fsp3) is 0.350. The van der Waals surface area contributed by atoms with Gasteiger partial charge in [0.15, 0.2) is 0 Å². The van der Waals surface area contributed by atoms with E-state index in [-0.39, 0.29) is 5.91 Å². The lowest BCUT2D eigenvalue weighted by Gasteiger charge is -2.16. The topological polar surface area (TPSA) is 47.6 Å². The van der Waals surface area contributed by atoms with Gasteiger partial charge in [0.1, 0.15) is 11.5 Å². The van der Waals surface area contributed by atoms with Gasteiger partial charge in [0.05, 0.1) is 18.8 Å². The maximum Gasteiger partial charge on any atom is 0.259 e. The van der Waals surface area contributed by atoms with Crippen molar-refractivity contribution >= 4 is 11.6 Å². The van der Waals surface area contributed by atoms with Crippen LogP contribution in [0.2, 0.25) is 0 Å². The van der Waals surface area contributed by atoms with E-state index in [9.17, 15) is 4.79 Å². The molecule has 0 aromatic heterocycles. The number of para-hydroxylation sites is 1. The lowest BCUT2D eigenvalue weighted by molar-refractivity contribution is 0.102. The molecule has 0 atom stereocenters. The van der Waals surface area contributed by atoms with Crippen molar-refractivity contribution in [1.82, 2.24) is 0 Å². The Kier molecular flexibility index (Phi) is 3.68. The summed E-state index contributed by atoms with van der Waals surface area (Å²) in [6.45, 7) is 5.37. The van der Waals surface area contributed by atoms with Crippen LogP contribution in [0.3, 0.4) is 0 Å². The molecule has 2 heterocycles. The van der Waals surface area contributed by atoms with Gasteiger partial charge in [-0.3, -0.25) is 4.79 Å². The van der Waals surface area contributed by atoms with Gasteiger partial charge in [0, 0.05) is 29.7 Å². The number of nitrogens with one attached hydrogen (secondary N) is 1. The molecule has 4 rings (SSSR count). The van der Waals surface area contributed by atoms with Gasteiger partial charge in [-0.2, -0.15) is 0 Å². The molecule has 0 aliphatic carbocycles. The van der Waals surface area contributed by atoms with Crippen LogP contribution in [-0.2, 0) is 19.3 Å². The fourth-order valence-electron chi connectivity index (χ4n) is 3.60. The average molecular weight is 323 g/mol. The Morgan fingerprint density at radius 3 is 2.88 bits per heavy atom. The quantitative estimate of drug-likeness (QED) is 0.937. The number of hydrogen-bond acceptors (Lipinski definition) is 3. The standard InChI is InChI=1S/C20H21NO3/c1-3-13-6-4-5-12(2)18(13)21-20(22)17-15-8-10-23-16(15)11-14-7-9-24-19(14)17/h4-6,11H,3,7-10H2,1-2H3,(H,21,22). The summed E-state index contributed by atoms with van der Waals surface area (Å²) in [6, 6.07) is 8.14. The summed E-state index contributed by atoms with van der Waals surface area (Å²) >= 11 is 0. The van der Waals surface area contributed by atoms with Gasteiger partial charge in [-0.15, -0.1) is 0 Å². The van der Waals surface area contributed by atoms with Gasteiger partial charge in [0.25, 0.3) is 5.91 Å². The first-order valence-corrected chi connectivity index (χ1v) is 8.53. The largest absolute Gasteiger partial charge is 0.493 e. The lowest BCUT2D eigenvalue weighted by atomic mass is 9.98. The van der Waals surface area contributed by atoms with Gasteiger partial charge < -0.3 is 14.8 Å². The first kappa shape index (κ1) is 15.1. The Bertz CT molecular complexity index is 794. The second-order valence-corrected chi connectivity index (χ2v) is 6.33. The third kappa shape index (κ3) is 2.33. The number of amides is 1. The number of benzene rings is 2. The van der Waals surface area contributed by atoms with Crippen molar-refractivity contribution in [2.45, 2.75) is 33.1 Å². The highest BCUT2D eigenvalue weighted by Gasteiger charge is 2.30. The van der Waals surface area contributed by atoms with Crippen molar-refractivity contribution in [3.05, 3.63) is 52.1 Å². The minimum absolute atomic E-state index is 0.0977. The van der Waals surface area contributed by atoms with Crippen molar-refractivity contribution in [3.63, 3.8) is 0 Å². The monoisotopic (exact) mass is 323 g/mol. The summed E-state index contributed by atoms with van der Waals surface area (Å²) in [5.74, 6) is 1.48. The summed E-state index contributed by atoms with van der Waals surface area (Å²) in [5, 5.41) is 3.13.